The maximum absolute atomic E-state index is 12.1. The summed E-state index contributed by atoms with van der Waals surface area (Å²) in [7, 11) is 0. The van der Waals surface area contributed by atoms with Gasteiger partial charge in [0.25, 0.3) is 11.6 Å². The van der Waals surface area contributed by atoms with E-state index in [0.717, 1.165) is 0 Å². The predicted octanol–water partition coefficient (Wildman–Crippen LogP) is 3.79. The molecule has 0 atom stereocenters. The van der Waals surface area contributed by atoms with E-state index < -0.39 is 10.8 Å². The molecule has 23 heavy (non-hydrogen) atoms. The number of carbonyl (C=O) groups is 1. The molecule has 0 spiro atoms. The monoisotopic (exact) mass is 327 g/mol. The molecule has 0 aliphatic heterocycles. The van der Waals surface area contributed by atoms with Gasteiger partial charge in [0, 0.05) is 22.8 Å². The van der Waals surface area contributed by atoms with Crippen molar-refractivity contribution in [2.24, 2.45) is 0 Å². The SMILES string of the molecule is N#C/C(=C/c1ccc([N+](=O)[O-])cc1)C(=O)Nc1cccc(Cl)c1. The van der Waals surface area contributed by atoms with Crippen molar-refractivity contribution in [1.29, 1.82) is 5.26 Å². The summed E-state index contributed by atoms with van der Waals surface area (Å²) < 4.78 is 0. The Morgan fingerprint density at radius 1 is 1.26 bits per heavy atom. The Balaban J connectivity index is 2.19. The van der Waals surface area contributed by atoms with Gasteiger partial charge in [-0.3, -0.25) is 14.9 Å². The summed E-state index contributed by atoms with van der Waals surface area (Å²) in [5, 5.41) is 22.7. The second kappa shape index (κ2) is 7.20. The molecule has 1 N–H and O–H groups in total. The number of amides is 1. The molecule has 2 aromatic carbocycles. The lowest BCUT2D eigenvalue weighted by Gasteiger charge is -2.04. The van der Waals surface area contributed by atoms with Gasteiger partial charge in [-0.25, -0.2) is 0 Å². The van der Waals surface area contributed by atoms with Crippen LogP contribution in [0.15, 0.2) is 54.1 Å². The van der Waals surface area contributed by atoms with E-state index >= 15 is 0 Å². The zero-order valence-electron chi connectivity index (χ0n) is 11.7. The van der Waals surface area contributed by atoms with Gasteiger partial charge in [0.15, 0.2) is 0 Å². The number of benzene rings is 2. The summed E-state index contributed by atoms with van der Waals surface area (Å²) in [4.78, 5) is 22.2. The molecular weight excluding hydrogens is 318 g/mol. The first kappa shape index (κ1) is 16.2. The van der Waals surface area contributed by atoms with Gasteiger partial charge in [-0.1, -0.05) is 17.7 Å². The summed E-state index contributed by atoms with van der Waals surface area (Å²) in [6.07, 6.45) is 1.35. The summed E-state index contributed by atoms with van der Waals surface area (Å²) in [5.41, 5.74) is 0.781. The number of nitrogens with zero attached hydrogens (tertiary/aromatic N) is 2. The molecular formula is C16H10ClN3O3. The van der Waals surface area contributed by atoms with Crippen LogP contribution in [0.25, 0.3) is 6.08 Å². The smallest absolute Gasteiger partial charge is 0.269 e. The van der Waals surface area contributed by atoms with E-state index in [4.69, 9.17) is 16.9 Å². The molecule has 0 unspecified atom stereocenters. The second-order valence-electron chi connectivity index (χ2n) is 4.48. The van der Waals surface area contributed by atoms with Gasteiger partial charge in [-0.2, -0.15) is 5.26 Å². The van der Waals surface area contributed by atoms with E-state index in [0.29, 0.717) is 16.3 Å². The normalized spacial score (nSPS) is 10.7. The minimum absolute atomic E-state index is 0.0657. The van der Waals surface area contributed by atoms with E-state index in [1.165, 1.54) is 30.3 Å². The minimum Gasteiger partial charge on any atom is -0.321 e. The van der Waals surface area contributed by atoms with Crippen molar-refractivity contribution < 1.29 is 9.72 Å². The molecule has 0 saturated heterocycles. The third-order valence-corrected chi connectivity index (χ3v) is 3.10. The highest BCUT2D eigenvalue weighted by Gasteiger charge is 2.10. The molecule has 0 fully saturated rings. The highest BCUT2D eigenvalue weighted by Crippen LogP contribution is 2.17. The Bertz CT molecular complexity index is 823. The minimum atomic E-state index is -0.590. The third kappa shape index (κ3) is 4.40. The lowest BCUT2D eigenvalue weighted by atomic mass is 10.1. The molecule has 7 heteroatoms. The van der Waals surface area contributed by atoms with Gasteiger partial charge in [0.2, 0.25) is 0 Å². The molecule has 0 radical (unpaired) electrons. The van der Waals surface area contributed by atoms with Crippen molar-refractivity contribution in [1.82, 2.24) is 0 Å². The zero-order chi connectivity index (χ0) is 16.8. The number of hydrogen-bond donors (Lipinski definition) is 1. The summed E-state index contributed by atoms with van der Waals surface area (Å²) >= 11 is 5.83. The molecule has 2 aromatic rings. The molecule has 0 saturated carbocycles. The average molecular weight is 328 g/mol. The Morgan fingerprint density at radius 2 is 1.96 bits per heavy atom. The van der Waals surface area contributed by atoms with Crippen LogP contribution < -0.4 is 5.32 Å². The van der Waals surface area contributed by atoms with E-state index in [1.807, 2.05) is 0 Å². The number of hydrogen-bond acceptors (Lipinski definition) is 4. The number of halogens is 1. The van der Waals surface area contributed by atoms with Crippen LogP contribution in [-0.4, -0.2) is 10.8 Å². The van der Waals surface area contributed by atoms with E-state index in [-0.39, 0.29) is 11.3 Å². The van der Waals surface area contributed by atoms with Crippen molar-refractivity contribution >= 4 is 35.0 Å². The number of nitro groups is 1. The standard InChI is InChI=1S/C16H10ClN3O3/c17-13-2-1-3-14(9-13)19-16(21)12(10-18)8-11-4-6-15(7-5-11)20(22)23/h1-9H,(H,19,21)/b12-8-. The van der Waals surface area contributed by atoms with Gasteiger partial charge in [-0.05, 0) is 42.0 Å². The fraction of sp³-hybridized carbons (Fsp3) is 0. The number of nitro benzene ring substituents is 1. The summed E-state index contributed by atoms with van der Waals surface area (Å²) in [6, 6.07) is 13.9. The van der Waals surface area contributed by atoms with Crippen LogP contribution in [0, 0.1) is 21.4 Å². The van der Waals surface area contributed by atoms with Gasteiger partial charge in [0.1, 0.15) is 11.6 Å². The number of non-ortho nitro benzene ring substituents is 1. The molecule has 0 aromatic heterocycles. The van der Waals surface area contributed by atoms with Crippen LogP contribution >= 0.6 is 11.6 Å². The number of rotatable bonds is 4. The van der Waals surface area contributed by atoms with E-state index in [2.05, 4.69) is 5.32 Å². The lowest BCUT2D eigenvalue weighted by Crippen LogP contribution is -2.13. The quantitative estimate of drug-likeness (QED) is 0.400. The van der Waals surface area contributed by atoms with Crippen LogP contribution in [0.4, 0.5) is 11.4 Å². The second-order valence-corrected chi connectivity index (χ2v) is 4.92. The molecule has 114 valence electrons. The maximum atomic E-state index is 12.1. The van der Waals surface area contributed by atoms with Crippen molar-refractivity contribution in [3.8, 4) is 6.07 Å². The van der Waals surface area contributed by atoms with Crippen molar-refractivity contribution in [2.45, 2.75) is 0 Å². The summed E-state index contributed by atoms with van der Waals surface area (Å²) in [5.74, 6) is -0.590. The van der Waals surface area contributed by atoms with Gasteiger partial charge in [-0.15, -0.1) is 0 Å². The number of nitriles is 1. The topological polar surface area (TPSA) is 96.0 Å². The van der Waals surface area contributed by atoms with Crippen molar-refractivity contribution in [3.05, 3.63) is 74.8 Å². The molecule has 1 amide bonds. The fourth-order valence-electron chi connectivity index (χ4n) is 1.77. The first-order chi connectivity index (χ1) is 11.0. The average Bonchev–Trinajstić information content (AvgIpc) is 2.53. The first-order valence-corrected chi connectivity index (χ1v) is 6.80. The number of anilines is 1. The van der Waals surface area contributed by atoms with E-state index in [1.54, 1.807) is 30.3 Å². The Labute approximate surface area is 136 Å². The Morgan fingerprint density at radius 3 is 2.52 bits per heavy atom. The van der Waals surface area contributed by atoms with Crippen LogP contribution in [0.1, 0.15) is 5.56 Å². The molecule has 0 bridgehead atoms. The summed E-state index contributed by atoms with van der Waals surface area (Å²) in [6.45, 7) is 0. The molecule has 0 aliphatic carbocycles. The number of carbonyl (C=O) groups excluding carboxylic acids is 1. The molecule has 2 rings (SSSR count). The largest absolute Gasteiger partial charge is 0.321 e. The predicted molar refractivity (Wildman–Crippen MR) is 86.8 cm³/mol. The van der Waals surface area contributed by atoms with Crippen LogP contribution in [0.5, 0.6) is 0 Å². The first-order valence-electron chi connectivity index (χ1n) is 6.43. The van der Waals surface area contributed by atoms with Crippen molar-refractivity contribution in [3.63, 3.8) is 0 Å². The zero-order valence-corrected chi connectivity index (χ0v) is 12.4. The number of nitrogens with one attached hydrogen (secondary N) is 1. The van der Waals surface area contributed by atoms with Crippen molar-refractivity contribution in [2.75, 3.05) is 5.32 Å². The van der Waals surface area contributed by atoms with Crippen LogP contribution in [-0.2, 0) is 4.79 Å². The maximum Gasteiger partial charge on any atom is 0.269 e. The van der Waals surface area contributed by atoms with Crippen LogP contribution in [0.3, 0.4) is 0 Å². The third-order valence-electron chi connectivity index (χ3n) is 2.86. The fourth-order valence-corrected chi connectivity index (χ4v) is 1.96. The van der Waals surface area contributed by atoms with Gasteiger partial charge >= 0.3 is 0 Å². The molecule has 0 heterocycles. The van der Waals surface area contributed by atoms with Crippen LogP contribution in [0.2, 0.25) is 5.02 Å². The highest BCUT2D eigenvalue weighted by molar-refractivity contribution is 6.31. The highest BCUT2D eigenvalue weighted by atomic mass is 35.5. The van der Waals surface area contributed by atoms with Gasteiger partial charge < -0.3 is 5.32 Å². The Hall–Kier alpha value is -3.17. The lowest BCUT2D eigenvalue weighted by molar-refractivity contribution is -0.384. The molecule has 6 nitrogen and oxygen atoms in total. The van der Waals surface area contributed by atoms with Gasteiger partial charge in [0.05, 0.1) is 4.92 Å². The van der Waals surface area contributed by atoms with E-state index in [9.17, 15) is 14.9 Å². The Kier molecular flexibility index (Phi) is 5.07. The molecule has 0 aliphatic rings.